The van der Waals surface area contributed by atoms with E-state index in [0.717, 1.165) is 11.1 Å². The molecule has 1 atom stereocenters. The molecular formula is C21H22N2O3. The molecule has 26 heavy (non-hydrogen) atoms. The molecule has 5 heteroatoms. The molecule has 1 aromatic heterocycles. The van der Waals surface area contributed by atoms with Gasteiger partial charge in [-0.15, -0.1) is 0 Å². The Bertz CT molecular complexity index is 1040. The summed E-state index contributed by atoms with van der Waals surface area (Å²) in [5, 5.41) is 13.6. The Labute approximate surface area is 151 Å². The lowest BCUT2D eigenvalue weighted by Crippen LogP contribution is -2.25. The molecule has 1 unspecified atom stereocenters. The Balaban J connectivity index is 1.99. The number of benzene rings is 2. The van der Waals surface area contributed by atoms with Crippen molar-refractivity contribution < 1.29 is 9.90 Å². The summed E-state index contributed by atoms with van der Waals surface area (Å²) in [6.45, 7) is 5.75. The number of nitrogens with zero attached hydrogens (tertiary/aromatic N) is 1. The SMILES string of the molecule is Cc1ccc(C(=O)Nc2cccc3c(=O)n(CC(C)O)ccc23)c(C)c1. The predicted octanol–water partition coefficient (Wildman–Crippen LogP) is 3.25. The van der Waals surface area contributed by atoms with Crippen molar-refractivity contribution in [3.05, 3.63) is 75.7 Å². The first kappa shape index (κ1) is 17.9. The first-order valence-corrected chi connectivity index (χ1v) is 8.55. The zero-order valence-electron chi connectivity index (χ0n) is 15.1. The molecule has 0 radical (unpaired) electrons. The topological polar surface area (TPSA) is 71.3 Å². The fourth-order valence-electron chi connectivity index (χ4n) is 3.11. The molecule has 0 bridgehead atoms. The molecule has 3 rings (SSSR count). The van der Waals surface area contributed by atoms with Gasteiger partial charge in [-0.25, -0.2) is 0 Å². The lowest BCUT2D eigenvalue weighted by molar-refractivity contribution is 0.102. The van der Waals surface area contributed by atoms with E-state index in [1.165, 1.54) is 4.57 Å². The molecule has 5 nitrogen and oxygen atoms in total. The lowest BCUT2D eigenvalue weighted by atomic mass is 10.0. The maximum atomic E-state index is 12.7. The van der Waals surface area contributed by atoms with Gasteiger partial charge in [0.1, 0.15) is 0 Å². The summed E-state index contributed by atoms with van der Waals surface area (Å²) in [5.41, 5.74) is 3.01. The molecule has 0 spiro atoms. The maximum absolute atomic E-state index is 12.7. The summed E-state index contributed by atoms with van der Waals surface area (Å²) in [6, 6.07) is 12.7. The largest absolute Gasteiger partial charge is 0.392 e. The zero-order valence-corrected chi connectivity index (χ0v) is 15.1. The van der Waals surface area contributed by atoms with E-state index in [0.29, 0.717) is 22.0 Å². The van der Waals surface area contributed by atoms with Crippen molar-refractivity contribution >= 4 is 22.4 Å². The smallest absolute Gasteiger partial charge is 0.258 e. The Morgan fingerprint density at radius 1 is 1.15 bits per heavy atom. The highest BCUT2D eigenvalue weighted by Gasteiger charge is 2.13. The molecule has 2 aromatic carbocycles. The molecule has 1 heterocycles. The fourth-order valence-corrected chi connectivity index (χ4v) is 3.11. The lowest BCUT2D eigenvalue weighted by Gasteiger charge is -2.13. The molecular weight excluding hydrogens is 328 g/mol. The molecule has 0 saturated heterocycles. The van der Waals surface area contributed by atoms with E-state index in [1.54, 1.807) is 43.5 Å². The van der Waals surface area contributed by atoms with Crippen LogP contribution in [0.25, 0.3) is 10.8 Å². The summed E-state index contributed by atoms with van der Waals surface area (Å²) in [7, 11) is 0. The second-order valence-electron chi connectivity index (χ2n) is 6.66. The molecule has 0 aliphatic carbocycles. The number of hydrogen-bond acceptors (Lipinski definition) is 3. The summed E-state index contributed by atoms with van der Waals surface area (Å²) in [4.78, 5) is 25.3. The van der Waals surface area contributed by atoms with E-state index in [-0.39, 0.29) is 18.0 Å². The maximum Gasteiger partial charge on any atom is 0.258 e. The Morgan fingerprint density at radius 3 is 2.62 bits per heavy atom. The van der Waals surface area contributed by atoms with Crippen LogP contribution in [-0.2, 0) is 6.54 Å². The molecule has 1 amide bonds. The van der Waals surface area contributed by atoms with E-state index in [9.17, 15) is 14.7 Å². The van der Waals surface area contributed by atoms with Gasteiger partial charge in [-0.1, -0.05) is 23.8 Å². The second kappa shape index (κ2) is 7.14. The summed E-state index contributed by atoms with van der Waals surface area (Å²) >= 11 is 0. The highest BCUT2D eigenvalue weighted by atomic mass is 16.3. The summed E-state index contributed by atoms with van der Waals surface area (Å²) in [5.74, 6) is -0.205. The van der Waals surface area contributed by atoms with Gasteiger partial charge in [0, 0.05) is 28.2 Å². The van der Waals surface area contributed by atoms with E-state index < -0.39 is 6.10 Å². The van der Waals surface area contributed by atoms with Crippen LogP contribution in [0.15, 0.2) is 53.5 Å². The van der Waals surface area contributed by atoms with E-state index >= 15 is 0 Å². The van der Waals surface area contributed by atoms with Crippen LogP contribution in [0.4, 0.5) is 5.69 Å². The van der Waals surface area contributed by atoms with Crippen LogP contribution < -0.4 is 10.9 Å². The molecule has 2 N–H and O–H groups in total. The Hall–Kier alpha value is -2.92. The van der Waals surface area contributed by atoms with Gasteiger partial charge in [0.25, 0.3) is 11.5 Å². The van der Waals surface area contributed by atoms with Crippen molar-refractivity contribution in [3.63, 3.8) is 0 Å². The third kappa shape index (κ3) is 3.53. The number of carbonyl (C=O) groups excluding carboxylic acids is 1. The van der Waals surface area contributed by atoms with Crippen LogP contribution >= 0.6 is 0 Å². The van der Waals surface area contributed by atoms with Crippen molar-refractivity contribution in [3.8, 4) is 0 Å². The molecule has 3 aromatic rings. The molecule has 0 aliphatic rings. The average Bonchev–Trinajstić information content (AvgIpc) is 2.57. The number of carbonyl (C=O) groups is 1. The number of aromatic nitrogens is 1. The third-order valence-corrected chi connectivity index (χ3v) is 4.35. The van der Waals surface area contributed by atoms with E-state index in [2.05, 4.69) is 5.32 Å². The minimum atomic E-state index is -0.613. The third-order valence-electron chi connectivity index (χ3n) is 4.35. The number of aryl methyl sites for hydroxylation is 2. The van der Waals surface area contributed by atoms with Gasteiger partial charge < -0.3 is 15.0 Å². The van der Waals surface area contributed by atoms with Crippen LogP contribution in [0, 0.1) is 13.8 Å². The predicted molar refractivity (Wildman–Crippen MR) is 104 cm³/mol. The second-order valence-corrected chi connectivity index (χ2v) is 6.66. The standard InChI is InChI=1S/C21H22N2O3/c1-13-7-8-16(14(2)11-13)20(25)22-19-6-4-5-18-17(19)9-10-23(21(18)26)12-15(3)24/h4-11,15,24H,12H2,1-3H3,(H,22,25). The van der Waals surface area contributed by atoms with Crippen LogP contribution in [0.5, 0.6) is 0 Å². The summed E-state index contributed by atoms with van der Waals surface area (Å²) in [6.07, 6.45) is 1.03. The van der Waals surface area contributed by atoms with E-state index in [1.807, 2.05) is 26.0 Å². The number of hydrogen-bond donors (Lipinski definition) is 2. The van der Waals surface area contributed by atoms with Gasteiger partial charge in [0.15, 0.2) is 0 Å². The van der Waals surface area contributed by atoms with Gasteiger partial charge >= 0.3 is 0 Å². The van der Waals surface area contributed by atoms with E-state index in [4.69, 9.17) is 0 Å². The number of rotatable bonds is 4. The number of fused-ring (bicyclic) bond motifs is 1. The van der Waals surface area contributed by atoms with Crippen LogP contribution in [0.2, 0.25) is 0 Å². The molecule has 0 saturated carbocycles. The average molecular weight is 350 g/mol. The van der Waals surface area contributed by atoms with Crippen molar-refractivity contribution in [1.29, 1.82) is 0 Å². The zero-order chi connectivity index (χ0) is 18.8. The number of amides is 1. The van der Waals surface area contributed by atoms with Crippen molar-refractivity contribution in [2.75, 3.05) is 5.32 Å². The Morgan fingerprint density at radius 2 is 1.92 bits per heavy atom. The highest BCUT2D eigenvalue weighted by Crippen LogP contribution is 2.22. The monoisotopic (exact) mass is 350 g/mol. The first-order chi connectivity index (χ1) is 12.4. The van der Waals surface area contributed by atoms with Gasteiger partial charge in [0.2, 0.25) is 0 Å². The van der Waals surface area contributed by atoms with Gasteiger partial charge in [-0.2, -0.15) is 0 Å². The number of pyridine rings is 1. The number of aliphatic hydroxyl groups is 1. The number of anilines is 1. The number of aliphatic hydroxyl groups excluding tert-OH is 1. The minimum absolute atomic E-state index is 0.189. The molecule has 0 fully saturated rings. The van der Waals surface area contributed by atoms with Crippen LogP contribution in [-0.4, -0.2) is 21.7 Å². The highest BCUT2D eigenvalue weighted by molar-refractivity contribution is 6.09. The van der Waals surface area contributed by atoms with Crippen molar-refractivity contribution in [1.82, 2.24) is 4.57 Å². The molecule has 0 aliphatic heterocycles. The first-order valence-electron chi connectivity index (χ1n) is 8.55. The molecule has 134 valence electrons. The van der Waals surface area contributed by atoms with Crippen LogP contribution in [0.3, 0.4) is 0 Å². The normalized spacial score (nSPS) is 12.2. The summed E-state index contributed by atoms with van der Waals surface area (Å²) < 4.78 is 1.47. The van der Waals surface area contributed by atoms with Gasteiger partial charge in [-0.05, 0) is 50.6 Å². The Kier molecular flexibility index (Phi) is 4.91. The van der Waals surface area contributed by atoms with Crippen LogP contribution in [0.1, 0.15) is 28.4 Å². The van der Waals surface area contributed by atoms with Gasteiger partial charge in [0.05, 0.1) is 12.6 Å². The fraction of sp³-hybridized carbons (Fsp3) is 0.238. The van der Waals surface area contributed by atoms with Crippen molar-refractivity contribution in [2.24, 2.45) is 0 Å². The minimum Gasteiger partial charge on any atom is -0.392 e. The van der Waals surface area contributed by atoms with Crippen molar-refractivity contribution in [2.45, 2.75) is 33.4 Å². The van der Waals surface area contributed by atoms with Gasteiger partial charge in [-0.3, -0.25) is 9.59 Å². The quantitative estimate of drug-likeness (QED) is 0.759. The number of nitrogens with one attached hydrogen (secondary N) is 1.